The third kappa shape index (κ3) is 2.06. The summed E-state index contributed by atoms with van der Waals surface area (Å²) < 4.78 is 1.98. The first-order chi connectivity index (χ1) is 10.9. The minimum atomic E-state index is 0.825. The molecule has 0 aliphatic carbocycles. The van der Waals surface area contributed by atoms with E-state index in [1.54, 1.807) is 18.6 Å². The zero-order valence-corrected chi connectivity index (χ0v) is 12.5. The van der Waals surface area contributed by atoms with Crippen molar-refractivity contribution in [2.24, 2.45) is 0 Å². The Balaban J connectivity index is 1.84. The molecule has 0 unspecified atom stereocenters. The molecule has 1 aromatic carbocycles. The maximum atomic E-state index is 4.78. The monoisotopic (exact) mass is 291 g/mol. The van der Waals surface area contributed by atoms with Gasteiger partial charge in [0.15, 0.2) is 0 Å². The number of rotatable bonds is 3. The highest BCUT2D eigenvalue weighted by Gasteiger charge is 2.24. The SMILES string of the molecule is CCc1ccc(-n2nc(-c3cnccn3)c3c2NCC3)cc1. The van der Waals surface area contributed by atoms with E-state index in [-0.39, 0.29) is 0 Å². The number of nitrogens with zero attached hydrogens (tertiary/aromatic N) is 4. The summed E-state index contributed by atoms with van der Waals surface area (Å²) in [7, 11) is 0. The van der Waals surface area contributed by atoms with Gasteiger partial charge in [-0.05, 0) is 30.5 Å². The molecule has 2 aromatic heterocycles. The molecule has 5 nitrogen and oxygen atoms in total. The van der Waals surface area contributed by atoms with Gasteiger partial charge in [-0.25, -0.2) is 4.68 Å². The Morgan fingerprint density at radius 1 is 1.18 bits per heavy atom. The summed E-state index contributed by atoms with van der Waals surface area (Å²) in [5.74, 6) is 1.07. The van der Waals surface area contributed by atoms with E-state index < -0.39 is 0 Å². The van der Waals surface area contributed by atoms with E-state index >= 15 is 0 Å². The highest BCUT2D eigenvalue weighted by Crippen LogP contribution is 2.33. The molecule has 3 heterocycles. The molecule has 0 atom stereocenters. The van der Waals surface area contributed by atoms with Crippen LogP contribution in [0, 0.1) is 0 Å². The molecule has 0 saturated carbocycles. The van der Waals surface area contributed by atoms with Gasteiger partial charge in [-0.1, -0.05) is 19.1 Å². The normalized spacial score (nSPS) is 13.0. The van der Waals surface area contributed by atoms with Gasteiger partial charge in [0.25, 0.3) is 0 Å². The van der Waals surface area contributed by atoms with Crippen LogP contribution in [0.5, 0.6) is 0 Å². The quantitative estimate of drug-likeness (QED) is 0.806. The van der Waals surface area contributed by atoms with Gasteiger partial charge in [-0.15, -0.1) is 0 Å². The van der Waals surface area contributed by atoms with Gasteiger partial charge in [0.2, 0.25) is 0 Å². The number of fused-ring (bicyclic) bond motifs is 1. The maximum absolute atomic E-state index is 4.78. The maximum Gasteiger partial charge on any atom is 0.133 e. The molecule has 22 heavy (non-hydrogen) atoms. The van der Waals surface area contributed by atoms with Crippen LogP contribution < -0.4 is 5.32 Å². The van der Waals surface area contributed by atoms with Crippen molar-refractivity contribution >= 4 is 5.82 Å². The van der Waals surface area contributed by atoms with Crippen molar-refractivity contribution in [1.82, 2.24) is 19.7 Å². The first-order valence-corrected chi connectivity index (χ1v) is 7.58. The van der Waals surface area contributed by atoms with Crippen molar-refractivity contribution in [3.63, 3.8) is 0 Å². The fraction of sp³-hybridized carbons (Fsp3) is 0.235. The van der Waals surface area contributed by atoms with Crippen molar-refractivity contribution < 1.29 is 0 Å². The molecular weight excluding hydrogens is 274 g/mol. The van der Waals surface area contributed by atoms with E-state index in [2.05, 4.69) is 46.5 Å². The average Bonchev–Trinajstić information content (AvgIpc) is 3.18. The van der Waals surface area contributed by atoms with Crippen molar-refractivity contribution in [2.75, 3.05) is 11.9 Å². The average molecular weight is 291 g/mol. The molecule has 1 aliphatic heterocycles. The van der Waals surface area contributed by atoms with Crippen LogP contribution in [-0.4, -0.2) is 26.3 Å². The number of benzene rings is 1. The van der Waals surface area contributed by atoms with Crippen LogP contribution in [0.15, 0.2) is 42.9 Å². The van der Waals surface area contributed by atoms with Gasteiger partial charge in [-0.3, -0.25) is 9.97 Å². The fourth-order valence-corrected chi connectivity index (χ4v) is 2.86. The van der Waals surface area contributed by atoms with E-state index in [0.717, 1.165) is 42.3 Å². The van der Waals surface area contributed by atoms with Crippen molar-refractivity contribution in [2.45, 2.75) is 19.8 Å². The summed E-state index contributed by atoms with van der Waals surface area (Å²) in [5, 5.41) is 8.22. The Kier molecular flexibility index (Phi) is 3.11. The molecule has 3 aromatic rings. The number of anilines is 1. The van der Waals surface area contributed by atoms with Crippen LogP contribution in [0.3, 0.4) is 0 Å². The lowest BCUT2D eigenvalue weighted by atomic mass is 10.1. The molecule has 0 bridgehead atoms. The van der Waals surface area contributed by atoms with E-state index in [9.17, 15) is 0 Å². The van der Waals surface area contributed by atoms with Crippen molar-refractivity contribution in [1.29, 1.82) is 0 Å². The molecular formula is C17H17N5. The fourth-order valence-electron chi connectivity index (χ4n) is 2.86. The van der Waals surface area contributed by atoms with Gasteiger partial charge in [0.05, 0.1) is 11.9 Å². The third-order valence-corrected chi connectivity index (χ3v) is 4.05. The number of aryl methyl sites for hydroxylation is 1. The molecule has 0 radical (unpaired) electrons. The third-order valence-electron chi connectivity index (χ3n) is 4.05. The summed E-state index contributed by atoms with van der Waals surface area (Å²) >= 11 is 0. The topological polar surface area (TPSA) is 55.6 Å². The number of hydrogen-bond donors (Lipinski definition) is 1. The van der Waals surface area contributed by atoms with E-state index in [1.165, 1.54) is 11.1 Å². The van der Waals surface area contributed by atoms with E-state index in [1.807, 2.05) is 4.68 Å². The van der Waals surface area contributed by atoms with Gasteiger partial charge in [0.1, 0.15) is 17.2 Å². The minimum Gasteiger partial charge on any atom is -0.369 e. The number of nitrogens with one attached hydrogen (secondary N) is 1. The Labute approximate surface area is 129 Å². The summed E-state index contributed by atoms with van der Waals surface area (Å²) in [4.78, 5) is 8.55. The van der Waals surface area contributed by atoms with Gasteiger partial charge in [-0.2, -0.15) is 5.10 Å². The van der Waals surface area contributed by atoms with Gasteiger partial charge in [0, 0.05) is 24.5 Å². The second kappa shape index (κ2) is 5.26. The molecule has 110 valence electrons. The zero-order chi connectivity index (χ0) is 14.9. The predicted molar refractivity (Wildman–Crippen MR) is 86.2 cm³/mol. The molecule has 5 heteroatoms. The molecule has 0 spiro atoms. The largest absolute Gasteiger partial charge is 0.369 e. The highest BCUT2D eigenvalue weighted by molar-refractivity contribution is 5.70. The van der Waals surface area contributed by atoms with Crippen LogP contribution in [0.25, 0.3) is 17.1 Å². The number of hydrogen-bond acceptors (Lipinski definition) is 4. The zero-order valence-electron chi connectivity index (χ0n) is 12.5. The van der Waals surface area contributed by atoms with Gasteiger partial charge >= 0.3 is 0 Å². The van der Waals surface area contributed by atoms with Crippen LogP contribution in [-0.2, 0) is 12.8 Å². The van der Waals surface area contributed by atoms with Gasteiger partial charge < -0.3 is 5.32 Å². The Hall–Kier alpha value is -2.69. The number of aromatic nitrogens is 4. The highest BCUT2D eigenvalue weighted by atomic mass is 15.3. The molecule has 4 rings (SSSR count). The van der Waals surface area contributed by atoms with E-state index in [0.29, 0.717) is 0 Å². The molecule has 1 N–H and O–H groups in total. The summed E-state index contributed by atoms with van der Waals surface area (Å²) in [5.41, 5.74) is 5.37. The summed E-state index contributed by atoms with van der Waals surface area (Å²) in [6, 6.07) is 8.54. The molecule has 0 fully saturated rings. The lowest BCUT2D eigenvalue weighted by Crippen LogP contribution is -2.04. The first-order valence-electron chi connectivity index (χ1n) is 7.58. The molecule has 0 saturated heterocycles. The standard InChI is InChI=1S/C17H17N5/c1-2-12-3-5-13(6-4-12)22-17-14(7-8-20-17)16(21-22)15-11-18-9-10-19-15/h3-6,9-11,20H,2,7-8H2,1H3. The van der Waals surface area contributed by atoms with Crippen LogP contribution in [0.4, 0.5) is 5.82 Å². The van der Waals surface area contributed by atoms with Crippen LogP contribution in [0.1, 0.15) is 18.1 Å². The Morgan fingerprint density at radius 2 is 2.05 bits per heavy atom. The Morgan fingerprint density at radius 3 is 2.77 bits per heavy atom. The van der Waals surface area contributed by atoms with Crippen LogP contribution >= 0.6 is 0 Å². The van der Waals surface area contributed by atoms with Crippen molar-refractivity contribution in [3.05, 3.63) is 54.0 Å². The van der Waals surface area contributed by atoms with E-state index in [4.69, 9.17) is 5.10 Å². The summed E-state index contributed by atoms with van der Waals surface area (Å²) in [6.07, 6.45) is 7.17. The summed E-state index contributed by atoms with van der Waals surface area (Å²) in [6.45, 7) is 3.10. The lowest BCUT2D eigenvalue weighted by molar-refractivity contribution is 0.878. The predicted octanol–water partition coefficient (Wildman–Crippen LogP) is 2.86. The molecule has 1 aliphatic rings. The first kappa shape index (κ1) is 13.0. The second-order valence-electron chi connectivity index (χ2n) is 5.38. The Bertz CT molecular complexity index is 790. The van der Waals surface area contributed by atoms with Crippen molar-refractivity contribution in [3.8, 4) is 17.1 Å². The smallest absolute Gasteiger partial charge is 0.133 e. The minimum absolute atomic E-state index is 0.825. The second-order valence-corrected chi connectivity index (χ2v) is 5.38. The lowest BCUT2D eigenvalue weighted by Gasteiger charge is -2.07. The molecule has 0 amide bonds. The van der Waals surface area contributed by atoms with Crippen LogP contribution in [0.2, 0.25) is 0 Å².